The molecule has 1 aromatic rings. The predicted octanol–water partition coefficient (Wildman–Crippen LogP) is 3.03. The van der Waals surface area contributed by atoms with E-state index in [0.29, 0.717) is 32.4 Å². The molecule has 1 saturated carbocycles. The van der Waals surface area contributed by atoms with Gasteiger partial charge >= 0.3 is 12.1 Å². The lowest BCUT2D eigenvalue weighted by atomic mass is 9.66. The second kappa shape index (κ2) is 9.15. The van der Waals surface area contributed by atoms with Crippen LogP contribution in [-0.4, -0.2) is 61.5 Å². The van der Waals surface area contributed by atoms with Gasteiger partial charge in [-0.2, -0.15) is 0 Å². The van der Waals surface area contributed by atoms with Crippen LogP contribution in [0.5, 0.6) is 0 Å². The van der Waals surface area contributed by atoms with Gasteiger partial charge in [-0.05, 0) is 38.5 Å². The van der Waals surface area contributed by atoms with E-state index >= 15 is 0 Å². The van der Waals surface area contributed by atoms with Crippen LogP contribution in [0.2, 0.25) is 0 Å². The number of rotatable bonds is 5. The lowest BCUT2D eigenvalue weighted by molar-refractivity contribution is -0.150. The Morgan fingerprint density at radius 2 is 1.77 bits per heavy atom. The highest BCUT2D eigenvalue weighted by atomic mass is 16.6. The zero-order valence-corrected chi connectivity index (χ0v) is 18.8. The number of hydrogen-bond acceptors (Lipinski definition) is 6. The molecule has 1 aliphatic heterocycles. The summed E-state index contributed by atoms with van der Waals surface area (Å²) in [6.45, 7) is 16.1. The maximum atomic E-state index is 11.9. The van der Waals surface area contributed by atoms with Crippen LogP contribution < -0.4 is 10.3 Å². The number of nitrogens with one attached hydrogen (secondary N) is 1. The number of hydrazine groups is 1. The molecule has 1 saturated heterocycles. The number of ether oxygens (including phenoxy) is 2. The molecule has 1 amide bonds. The standard InChI is InChI=1S/C23H32N4O4/c1-22(2,3)31-21(29)25-27-12-10-26(11-13-27)19-8-6-17(7-9-19)14-23(24-4)15-18(16-23)20(28)30-5/h6-9,18H,10-16H2,1-3,5H3,(H,25,29). The van der Waals surface area contributed by atoms with Gasteiger partial charge in [-0.15, -0.1) is 0 Å². The number of benzene rings is 1. The number of piperazine rings is 1. The third kappa shape index (κ3) is 5.88. The first-order valence-corrected chi connectivity index (χ1v) is 10.7. The van der Waals surface area contributed by atoms with E-state index in [1.165, 1.54) is 7.11 Å². The highest BCUT2D eigenvalue weighted by molar-refractivity contribution is 5.74. The van der Waals surface area contributed by atoms with Gasteiger partial charge in [0.05, 0.1) is 19.4 Å². The number of nitrogens with zero attached hydrogens (tertiary/aromatic N) is 3. The van der Waals surface area contributed by atoms with E-state index in [2.05, 4.69) is 39.4 Å². The van der Waals surface area contributed by atoms with Crippen LogP contribution in [0.4, 0.5) is 10.5 Å². The normalized spacial score (nSPS) is 24.0. The summed E-state index contributed by atoms with van der Waals surface area (Å²) >= 11 is 0. The number of anilines is 1. The van der Waals surface area contributed by atoms with Crippen LogP contribution in [0.3, 0.4) is 0 Å². The van der Waals surface area contributed by atoms with E-state index < -0.39 is 17.2 Å². The van der Waals surface area contributed by atoms with Crippen molar-refractivity contribution in [1.82, 2.24) is 10.4 Å². The fraction of sp³-hybridized carbons (Fsp3) is 0.609. The van der Waals surface area contributed by atoms with E-state index in [1.54, 1.807) is 0 Å². The van der Waals surface area contributed by atoms with Gasteiger partial charge in [0.2, 0.25) is 5.54 Å². The number of carbonyl (C=O) groups excluding carboxylic acids is 2. The van der Waals surface area contributed by atoms with Gasteiger partial charge in [0.1, 0.15) is 5.60 Å². The molecular formula is C23H32N4O4. The van der Waals surface area contributed by atoms with Gasteiger partial charge in [0, 0.05) is 44.7 Å². The van der Waals surface area contributed by atoms with Crippen molar-refractivity contribution in [3.8, 4) is 0 Å². The molecule has 0 bridgehead atoms. The molecule has 1 aromatic carbocycles. The topological polar surface area (TPSA) is 75.5 Å². The van der Waals surface area contributed by atoms with Gasteiger partial charge in [-0.1, -0.05) is 12.1 Å². The summed E-state index contributed by atoms with van der Waals surface area (Å²) in [7, 11) is 1.40. The minimum Gasteiger partial charge on any atom is -0.469 e. The van der Waals surface area contributed by atoms with Gasteiger partial charge in [-0.3, -0.25) is 10.2 Å². The Kier molecular flexibility index (Phi) is 6.75. The zero-order valence-electron chi connectivity index (χ0n) is 18.8. The number of carbonyl (C=O) groups is 2. The molecule has 0 atom stereocenters. The molecule has 0 aromatic heterocycles. The Balaban J connectivity index is 1.49. The van der Waals surface area contributed by atoms with Crippen molar-refractivity contribution in [1.29, 1.82) is 0 Å². The van der Waals surface area contributed by atoms with Crippen molar-refractivity contribution < 1.29 is 19.1 Å². The molecule has 0 spiro atoms. The van der Waals surface area contributed by atoms with Crippen molar-refractivity contribution in [3.05, 3.63) is 41.2 Å². The Labute approximate surface area is 184 Å². The highest BCUT2D eigenvalue weighted by Gasteiger charge is 2.54. The number of esters is 1. The average molecular weight is 429 g/mol. The molecule has 2 aliphatic rings. The largest absolute Gasteiger partial charge is 0.469 e. The monoisotopic (exact) mass is 428 g/mol. The fourth-order valence-electron chi connectivity index (χ4n) is 4.18. The van der Waals surface area contributed by atoms with Gasteiger partial charge in [-0.25, -0.2) is 16.4 Å². The quantitative estimate of drug-likeness (QED) is 0.574. The van der Waals surface area contributed by atoms with Gasteiger partial charge < -0.3 is 19.2 Å². The van der Waals surface area contributed by atoms with Crippen molar-refractivity contribution in [2.24, 2.45) is 5.92 Å². The average Bonchev–Trinajstić information content (AvgIpc) is 2.69. The summed E-state index contributed by atoms with van der Waals surface area (Å²) in [5, 5.41) is 1.88. The smallest absolute Gasteiger partial charge is 0.422 e. The van der Waals surface area contributed by atoms with E-state index in [4.69, 9.17) is 16.0 Å². The lowest BCUT2D eigenvalue weighted by Crippen LogP contribution is -2.54. The highest BCUT2D eigenvalue weighted by Crippen LogP contribution is 2.44. The minimum absolute atomic E-state index is 0.149. The van der Waals surface area contributed by atoms with Crippen LogP contribution in [0.1, 0.15) is 39.2 Å². The Bertz CT molecular complexity index is 827. The molecule has 1 aliphatic carbocycles. The molecule has 3 rings (SSSR count). The summed E-state index contributed by atoms with van der Waals surface area (Å²) in [5.41, 5.74) is 4.03. The first kappa shape index (κ1) is 22.9. The molecule has 8 nitrogen and oxygen atoms in total. The first-order chi connectivity index (χ1) is 14.6. The zero-order chi connectivity index (χ0) is 22.6. The van der Waals surface area contributed by atoms with E-state index in [1.807, 2.05) is 25.8 Å². The molecule has 0 radical (unpaired) electrons. The first-order valence-electron chi connectivity index (χ1n) is 10.7. The maximum Gasteiger partial charge on any atom is 0.422 e. The van der Waals surface area contributed by atoms with Crippen LogP contribution in [-0.2, 0) is 20.7 Å². The number of amides is 1. The van der Waals surface area contributed by atoms with Crippen molar-refractivity contribution in [3.63, 3.8) is 0 Å². The maximum absolute atomic E-state index is 11.9. The Hall–Kier alpha value is -2.79. The Morgan fingerprint density at radius 3 is 2.29 bits per heavy atom. The van der Waals surface area contributed by atoms with Crippen LogP contribution in [0.25, 0.3) is 4.85 Å². The summed E-state index contributed by atoms with van der Waals surface area (Å²) in [6, 6.07) is 8.30. The molecular weight excluding hydrogens is 396 g/mol. The summed E-state index contributed by atoms with van der Waals surface area (Å²) in [4.78, 5) is 29.7. The van der Waals surface area contributed by atoms with Crippen LogP contribution in [0.15, 0.2) is 24.3 Å². The van der Waals surface area contributed by atoms with E-state index in [-0.39, 0.29) is 11.9 Å². The summed E-state index contributed by atoms with van der Waals surface area (Å²) in [6.07, 6.45) is 1.36. The predicted molar refractivity (Wildman–Crippen MR) is 117 cm³/mol. The van der Waals surface area contributed by atoms with Gasteiger partial charge in [0.25, 0.3) is 0 Å². The summed E-state index contributed by atoms with van der Waals surface area (Å²) in [5.74, 6) is -0.362. The third-order valence-corrected chi connectivity index (χ3v) is 5.79. The second-order valence-corrected chi connectivity index (χ2v) is 9.40. The second-order valence-electron chi connectivity index (χ2n) is 9.40. The Morgan fingerprint density at radius 1 is 1.16 bits per heavy atom. The molecule has 168 valence electrons. The van der Waals surface area contributed by atoms with Crippen molar-refractivity contribution in [2.45, 2.75) is 51.2 Å². The SMILES string of the molecule is [C-]#[N+]C1(Cc2ccc(N3CCN(NC(=O)OC(C)(C)C)CC3)cc2)CC(C(=O)OC)C1. The molecule has 1 N–H and O–H groups in total. The number of hydrogen-bond donors (Lipinski definition) is 1. The summed E-state index contributed by atoms with van der Waals surface area (Å²) < 4.78 is 10.1. The van der Waals surface area contributed by atoms with E-state index in [9.17, 15) is 9.59 Å². The van der Waals surface area contributed by atoms with Gasteiger partial charge in [0.15, 0.2) is 0 Å². The lowest BCUT2D eigenvalue weighted by Gasteiger charge is -2.37. The number of methoxy groups -OCH3 is 1. The van der Waals surface area contributed by atoms with Crippen LogP contribution in [0, 0.1) is 12.5 Å². The molecule has 0 unspecified atom stereocenters. The third-order valence-electron chi connectivity index (χ3n) is 5.79. The molecule has 1 heterocycles. The molecule has 8 heteroatoms. The molecule has 31 heavy (non-hydrogen) atoms. The van der Waals surface area contributed by atoms with Crippen LogP contribution >= 0.6 is 0 Å². The van der Waals surface area contributed by atoms with Crippen molar-refractivity contribution in [2.75, 3.05) is 38.2 Å². The molecule has 2 fully saturated rings. The minimum atomic E-state index is -0.515. The van der Waals surface area contributed by atoms with Crippen molar-refractivity contribution >= 4 is 17.7 Å². The van der Waals surface area contributed by atoms with E-state index in [0.717, 1.165) is 24.3 Å². The fourth-order valence-corrected chi connectivity index (χ4v) is 4.18.